The Morgan fingerprint density at radius 1 is 1.35 bits per heavy atom. The normalized spacial score (nSPS) is 10.8. The summed E-state index contributed by atoms with van der Waals surface area (Å²) in [5, 5.41) is 4.14. The van der Waals surface area contributed by atoms with E-state index in [1.54, 1.807) is 18.4 Å². The maximum Gasteiger partial charge on any atom is 0.183 e. The van der Waals surface area contributed by atoms with Crippen LogP contribution < -0.4 is 10.1 Å². The van der Waals surface area contributed by atoms with Gasteiger partial charge in [0.2, 0.25) is 0 Å². The van der Waals surface area contributed by atoms with Crippen molar-refractivity contribution in [3.8, 4) is 16.2 Å². The molecule has 0 aliphatic rings. The molecule has 108 valence electrons. The van der Waals surface area contributed by atoms with Crippen molar-refractivity contribution in [1.82, 2.24) is 4.98 Å². The van der Waals surface area contributed by atoms with Crippen LogP contribution in [0.2, 0.25) is 0 Å². The largest absolute Gasteiger partial charge is 0.491 e. The smallest absolute Gasteiger partial charge is 0.183 e. The van der Waals surface area contributed by atoms with Gasteiger partial charge in [0, 0.05) is 19.9 Å². The molecule has 0 fully saturated rings. The van der Waals surface area contributed by atoms with Crippen LogP contribution in [0.25, 0.3) is 10.4 Å². The van der Waals surface area contributed by atoms with Crippen LogP contribution >= 0.6 is 11.3 Å². The average Bonchev–Trinajstić information content (AvgIpc) is 2.87. The number of nitrogens with zero attached hydrogens (tertiary/aromatic N) is 1. The molecule has 4 nitrogen and oxygen atoms in total. The molecular formula is C15H20N2O2S. The van der Waals surface area contributed by atoms with Crippen LogP contribution in [0.15, 0.2) is 30.5 Å². The van der Waals surface area contributed by atoms with Gasteiger partial charge in [0.25, 0.3) is 0 Å². The summed E-state index contributed by atoms with van der Waals surface area (Å²) in [5.41, 5.74) is 1.13. The van der Waals surface area contributed by atoms with E-state index in [1.165, 1.54) is 0 Å². The molecule has 0 aliphatic heterocycles. The Kier molecular flexibility index (Phi) is 5.38. The zero-order chi connectivity index (χ0) is 14.4. The minimum absolute atomic E-state index is 0.179. The molecule has 5 heteroatoms. The van der Waals surface area contributed by atoms with E-state index in [-0.39, 0.29) is 6.10 Å². The number of hydrogen-bond donors (Lipinski definition) is 1. The minimum Gasteiger partial charge on any atom is -0.491 e. The van der Waals surface area contributed by atoms with Gasteiger partial charge in [0.15, 0.2) is 5.13 Å². The van der Waals surface area contributed by atoms with Crippen molar-refractivity contribution in [3.05, 3.63) is 30.5 Å². The summed E-state index contributed by atoms with van der Waals surface area (Å²) in [6.45, 7) is 5.49. The molecule has 20 heavy (non-hydrogen) atoms. The Morgan fingerprint density at radius 2 is 2.20 bits per heavy atom. The lowest BCUT2D eigenvalue weighted by Crippen LogP contribution is -2.06. The first-order chi connectivity index (χ1) is 9.69. The number of nitrogens with one attached hydrogen (secondary N) is 1. The van der Waals surface area contributed by atoms with Crippen molar-refractivity contribution < 1.29 is 9.47 Å². The van der Waals surface area contributed by atoms with Crippen LogP contribution in [0, 0.1) is 0 Å². The Bertz CT molecular complexity index is 540. The third kappa shape index (κ3) is 4.21. The number of benzene rings is 1. The SMILES string of the molecule is COCCNc1ncc(-c2cccc(OC(C)C)c2)s1. The summed E-state index contributed by atoms with van der Waals surface area (Å²) in [5.74, 6) is 0.889. The molecule has 0 atom stereocenters. The fourth-order valence-corrected chi connectivity index (χ4v) is 2.58. The standard InChI is InChI=1S/C15H20N2O2S/c1-11(2)19-13-6-4-5-12(9-13)14-10-17-15(20-14)16-7-8-18-3/h4-6,9-11H,7-8H2,1-3H3,(H,16,17). The quantitative estimate of drug-likeness (QED) is 0.791. The first kappa shape index (κ1) is 14.8. The van der Waals surface area contributed by atoms with Gasteiger partial charge < -0.3 is 14.8 Å². The highest BCUT2D eigenvalue weighted by Gasteiger charge is 2.06. The van der Waals surface area contributed by atoms with Crippen LogP contribution in [0.1, 0.15) is 13.8 Å². The molecule has 1 aromatic carbocycles. The molecule has 0 radical (unpaired) electrons. The number of rotatable bonds is 7. The Hall–Kier alpha value is -1.59. The van der Waals surface area contributed by atoms with Crippen molar-refractivity contribution in [2.75, 3.05) is 25.6 Å². The summed E-state index contributed by atoms with van der Waals surface area (Å²) in [7, 11) is 1.69. The fraction of sp³-hybridized carbons (Fsp3) is 0.400. The topological polar surface area (TPSA) is 43.4 Å². The van der Waals surface area contributed by atoms with Gasteiger partial charge in [0.05, 0.1) is 17.6 Å². The van der Waals surface area contributed by atoms with Crippen molar-refractivity contribution >= 4 is 16.5 Å². The number of anilines is 1. The Morgan fingerprint density at radius 3 is 2.95 bits per heavy atom. The lowest BCUT2D eigenvalue weighted by atomic mass is 10.2. The van der Waals surface area contributed by atoms with E-state index in [4.69, 9.17) is 9.47 Å². The van der Waals surface area contributed by atoms with Gasteiger partial charge in [-0.15, -0.1) is 0 Å². The van der Waals surface area contributed by atoms with E-state index in [2.05, 4.69) is 16.4 Å². The van der Waals surface area contributed by atoms with Crippen LogP contribution in [0.3, 0.4) is 0 Å². The van der Waals surface area contributed by atoms with Crippen molar-refractivity contribution in [2.24, 2.45) is 0 Å². The van der Waals surface area contributed by atoms with E-state index in [0.29, 0.717) is 6.61 Å². The lowest BCUT2D eigenvalue weighted by molar-refractivity contribution is 0.211. The van der Waals surface area contributed by atoms with Crippen molar-refractivity contribution in [3.63, 3.8) is 0 Å². The molecule has 0 saturated carbocycles. The molecule has 1 heterocycles. The lowest BCUT2D eigenvalue weighted by Gasteiger charge is -2.10. The van der Waals surface area contributed by atoms with Crippen LogP contribution in [0.5, 0.6) is 5.75 Å². The summed E-state index contributed by atoms with van der Waals surface area (Å²) in [6.07, 6.45) is 2.06. The van der Waals surface area contributed by atoms with E-state index in [9.17, 15) is 0 Å². The van der Waals surface area contributed by atoms with Crippen molar-refractivity contribution in [2.45, 2.75) is 20.0 Å². The number of aromatic nitrogens is 1. The van der Waals surface area contributed by atoms with Gasteiger partial charge in [-0.1, -0.05) is 23.5 Å². The predicted molar refractivity (Wildman–Crippen MR) is 83.7 cm³/mol. The molecule has 2 rings (SSSR count). The molecule has 0 bridgehead atoms. The Labute approximate surface area is 123 Å². The van der Waals surface area contributed by atoms with Gasteiger partial charge in [-0.2, -0.15) is 0 Å². The highest BCUT2D eigenvalue weighted by molar-refractivity contribution is 7.18. The second-order valence-corrected chi connectivity index (χ2v) is 5.67. The minimum atomic E-state index is 0.179. The molecular weight excluding hydrogens is 272 g/mol. The van der Waals surface area contributed by atoms with E-state index in [1.807, 2.05) is 38.2 Å². The highest BCUT2D eigenvalue weighted by Crippen LogP contribution is 2.31. The van der Waals surface area contributed by atoms with E-state index >= 15 is 0 Å². The van der Waals surface area contributed by atoms with Gasteiger partial charge in [-0.05, 0) is 31.5 Å². The maximum absolute atomic E-state index is 5.71. The van der Waals surface area contributed by atoms with E-state index < -0.39 is 0 Å². The van der Waals surface area contributed by atoms with Crippen LogP contribution in [-0.4, -0.2) is 31.3 Å². The fourth-order valence-electron chi connectivity index (χ4n) is 1.74. The molecule has 0 aliphatic carbocycles. The monoisotopic (exact) mass is 292 g/mol. The second-order valence-electron chi connectivity index (χ2n) is 4.64. The molecule has 1 aromatic heterocycles. The molecule has 2 aromatic rings. The summed E-state index contributed by atoms with van der Waals surface area (Å²) in [4.78, 5) is 5.49. The summed E-state index contributed by atoms with van der Waals surface area (Å²) in [6, 6.07) is 8.10. The third-order valence-electron chi connectivity index (χ3n) is 2.58. The number of ether oxygens (including phenoxy) is 2. The zero-order valence-corrected chi connectivity index (χ0v) is 12.9. The molecule has 0 spiro atoms. The van der Waals surface area contributed by atoms with Gasteiger partial charge in [-0.3, -0.25) is 0 Å². The third-order valence-corrected chi connectivity index (χ3v) is 3.58. The van der Waals surface area contributed by atoms with Crippen LogP contribution in [0.4, 0.5) is 5.13 Å². The zero-order valence-electron chi connectivity index (χ0n) is 12.1. The average molecular weight is 292 g/mol. The Balaban J connectivity index is 2.07. The first-order valence-electron chi connectivity index (χ1n) is 6.65. The molecule has 0 amide bonds. The maximum atomic E-state index is 5.71. The van der Waals surface area contributed by atoms with Crippen LogP contribution in [-0.2, 0) is 4.74 Å². The molecule has 0 saturated heterocycles. The van der Waals surface area contributed by atoms with E-state index in [0.717, 1.165) is 27.9 Å². The molecule has 0 unspecified atom stereocenters. The van der Waals surface area contributed by atoms with Gasteiger partial charge in [0.1, 0.15) is 5.75 Å². The summed E-state index contributed by atoms with van der Waals surface area (Å²) >= 11 is 1.63. The van der Waals surface area contributed by atoms with Gasteiger partial charge in [-0.25, -0.2) is 4.98 Å². The number of thiazole rings is 1. The number of hydrogen-bond acceptors (Lipinski definition) is 5. The van der Waals surface area contributed by atoms with Crippen molar-refractivity contribution in [1.29, 1.82) is 0 Å². The molecule has 1 N–H and O–H groups in total. The first-order valence-corrected chi connectivity index (χ1v) is 7.46. The van der Waals surface area contributed by atoms with Gasteiger partial charge >= 0.3 is 0 Å². The number of methoxy groups -OCH3 is 1. The second kappa shape index (κ2) is 7.26. The highest BCUT2D eigenvalue weighted by atomic mass is 32.1. The predicted octanol–water partition coefficient (Wildman–Crippen LogP) is 3.66. The summed E-state index contributed by atoms with van der Waals surface area (Å²) < 4.78 is 10.7.